The van der Waals surface area contributed by atoms with Crippen LogP contribution in [0.5, 0.6) is 0 Å². The maximum atomic E-state index is 5.89. The first kappa shape index (κ1) is 14.2. The molecule has 5 heteroatoms. The number of hydrogen-bond donors (Lipinski definition) is 1. The zero-order valence-electron chi connectivity index (χ0n) is 12.0. The van der Waals surface area contributed by atoms with Crippen LogP contribution in [0.15, 0.2) is 0 Å². The number of piperazine rings is 2. The maximum Gasteiger partial charge on any atom is 0.0346 e. The summed E-state index contributed by atoms with van der Waals surface area (Å²) < 4.78 is 0. The summed E-state index contributed by atoms with van der Waals surface area (Å²) in [7, 11) is 4.41. The lowest BCUT2D eigenvalue weighted by atomic mass is 10.1. The molecule has 0 aromatic rings. The van der Waals surface area contributed by atoms with Gasteiger partial charge in [-0.1, -0.05) is 0 Å². The average Bonchev–Trinajstić information content (AvgIpc) is 2.39. The van der Waals surface area contributed by atoms with Crippen LogP contribution in [0.4, 0.5) is 0 Å². The number of likely N-dealkylation sites (N-methyl/N-ethyl adjacent to an activating group) is 2. The number of hydrogen-bond acceptors (Lipinski definition) is 5. The molecule has 0 saturated carbocycles. The van der Waals surface area contributed by atoms with E-state index in [0.717, 1.165) is 13.1 Å². The molecular formula is C13H29N5. The van der Waals surface area contributed by atoms with E-state index in [4.69, 9.17) is 5.73 Å². The van der Waals surface area contributed by atoms with E-state index in [0.29, 0.717) is 6.04 Å². The Morgan fingerprint density at radius 3 is 2.22 bits per heavy atom. The SMILES string of the molecule is CN1CCN(CCN2CCN(C)CC2CN)CC1. The van der Waals surface area contributed by atoms with Crippen molar-refractivity contribution in [3.05, 3.63) is 0 Å². The highest BCUT2D eigenvalue weighted by atomic mass is 15.3. The van der Waals surface area contributed by atoms with Gasteiger partial charge < -0.3 is 15.5 Å². The third kappa shape index (κ3) is 3.90. The van der Waals surface area contributed by atoms with Crippen LogP contribution in [-0.2, 0) is 0 Å². The fourth-order valence-corrected chi connectivity index (χ4v) is 2.91. The Morgan fingerprint density at radius 1 is 0.889 bits per heavy atom. The van der Waals surface area contributed by atoms with E-state index < -0.39 is 0 Å². The fourth-order valence-electron chi connectivity index (χ4n) is 2.91. The second-order valence-electron chi connectivity index (χ2n) is 5.83. The summed E-state index contributed by atoms with van der Waals surface area (Å²) in [6.45, 7) is 11.5. The van der Waals surface area contributed by atoms with Gasteiger partial charge in [0, 0.05) is 71.5 Å². The predicted octanol–water partition coefficient (Wildman–Crippen LogP) is -1.19. The molecule has 2 aliphatic heterocycles. The van der Waals surface area contributed by atoms with E-state index in [1.807, 2.05) is 0 Å². The minimum atomic E-state index is 0.552. The minimum absolute atomic E-state index is 0.552. The first-order chi connectivity index (χ1) is 8.69. The lowest BCUT2D eigenvalue weighted by molar-refractivity contribution is 0.0730. The van der Waals surface area contributed by atoms with E-state index in [2.05, 4.69) is 33.7 Å². The zero-order chi connectivity index (χ0) is 13.0. The summed E-state index contributed by atoms with van der Waals surface area (Å²) in [5.74, 6) is 0. The smallest absolute Gasteiger partial charge is 0.0346 e. The Labute approximate surface area is 111 Å². The number of rotatable bonds is 4. The highest BCUT2D eigenvalue weighted by Gasteiger charge is 2.24. The van der Waals surface area contributed by atoms with Gasteiger partial charge in [0.1, 0.15) is 0 Å². The van der Waals surface area contributed by atoms with E-state index in [1.165, 1.54) is 52.4 Å². The van der Waals surface area contributed by atoms with Crippen molar-refractivity contribution in [3.63, 3.8) is 0 Å². The molecule has 106 valence electrons. The largest absolute Gasteiger partial charge is 0.329 e. The van der Waals surface area contributed by atoms with Gasteiger partial charge in [-0.2, -0.15) is 0 Å². The van der Waals surface area contributed by atoms with Crippen molar-refractivity contribution in [3.8, 4) is 0 Å². The summed E-state index contributed by atoms with van der Waals surface area (Å²) in [5.41, 5.74) is 5.89. The Hall–Kier alpha value is -0.200. The molecule has 0 aromatic carbocycles. The van der Waals surface area contributed by atoms with Crippen LogP contribution < -0.4 is 5.73 Å². The van der Waals surface area contributed by atoms with Crippen LogP contribution in [0.1, 0.15) is 0 Å². The molecule has 2 saturated heterocycles. The lowest BCUT2D eigenvalue weighted by Gasteiger charge is -2.41. The second kappa shape index (κ2) is 6.82. The van der Waals surface area contributed by atoms with Crippen LogP contribution in [0.2, 0.25) is 0 Å². The molecule has 0 radical (unpaired) electrons. The Balaban J connectivity index is 1.72. The van der Waals surface area contributed by atoms with Crippen LogP contribution in [0, 0.1) is 0 Å². The standard InChI is InChI=1S/C13H29N5/c1-15-3-6-17(7-4-15)8-10-18-9-5-16(2)12-13(18)11-14/h13H,3-12,14H2,1-2H3. The van der Waals surface area contributed by atoms with E-state index in [-0.39, 0.29) is 0 Å². The summed E-state index contributed by atoms with van der Waals surface area (Å²) in [6, 6.07) is 0.552. The molecule has 1 atom stereocenters. The zero-order valence-corrected chi connectivity index (χ0v) is 12.0. The number of nitrogens with two attached hydrogens (primary N) is 1. The topological polar surface area (TPSA) is 39.0 Å². The molecular weight excluding hydrogens is 226 g/mol. The molecule has 0 amide bonds. The van der Waals surface area contributed by atoms with Crippen LogP contribution in [0.25, 0.3) is 0 Å². The minimum Gasteiger partial charge on any atom is -0.329 e. The van der Waals surface area contributed by atoms with Crippen molar-refractivity contribution >= 4 is 0 Å². The van der Waals surface area contributed by atoms with Gasteiger partial charge in [-0.25, -0.2) is 0 Å². The molecule has 0 aliphatic carbocycles. The van der Waals surface area contributed by atoms with Crippen molar-refractivity contribution in [2.75, 3.05) is 79.5 Å². The fraction of sp³-hybridized carbons (Fsp3) is 1.00. The van der Waals surface area contributed by atoms with Gasteiger partial charge >= 0.3 is 0 Å². The van der Waals surface area contributed by atoms with Crippen LogP contribution in [0.3, 0.4) is 0 Å². The molecule has 0 spiro atoms. The van der Waals surface area contributed by atoms with Gasteiger partial charge in [0.2, 0.25) is 0 Å². The Bertz CT molecular complexity index is 240. The van der Waals surface area contributed by atoms with Gasteiger partial charge in [0.15, 0.2) is 0 Å². The second-order valence-corrected chi connectivity index (χ2v) is 5.83. The summed E-state index contributed by atoms with van der Waals surface area (Å²) >= 11 is 0. The lowest BCUT2D eigenvalue weighted by Crippen LogP contribution is -2.56. The third-order valence-electron chi connectivity index (χ3n) is 4.38. The Kier molecular flexibility index (Phi) is 5.38. The molecule has 2 rings (SSSR count). The van der Waals surface area contributed by atoms with E-state index in [1.54, 1.807) is 0 Å². The van der Waals surface area contributed by atoms with Gasteiger partial charge in [0.25, 0.3) is 0 Å². The van der Waals surface area contributed by atoms with Crippen molar-refractivity contribution in [1.29, 1.82) is 0 Å². The van der Waals surface area contributed by atoms with Gasteiger partial charge in [0.05, 0.1) is 0 Å². The third-order valence-corrected chi connectivity index (χ3v) is 4.38. The average molecular weight is 255 g/mol. The summed E-state index contributed by atoms with van der Waals surface area (Å²) in [4.78, 5) is 9.98. The first-order valence-electron chi connectivity index (χ1n) is 7.22. The van der Waals surface area contributed by atoms with Crippen LogP contribution in [-0.4, -0.2) is 105 Å². The molecule has 2 heterocycles. The molecule has 0 bridgehead atoms. The van der Waals surface area contributed by atoms with Crippen molar-refractivity contribution < 1.29 is 0 Å². The van der Waals surface area contributed by atoms with Gasteiger partial charge in [-0.3, -0.25) is 9.80 Å². The molecule has 0 aromatic heterocycles. The molecule has 1 unspecified atom stereocenters. The predicted molar refractivity (Wildman–Crippen MR) is 75.8 cm³/mol. The normalized spacial score (nSPS) is 29.8. The van der Waals surface area contributed by atoms with Crippen molar-refractivity contribution in [1.82, 2.24) is 19.6 Å². The molecule has 18 heavy (non-hydrogen) atoms. The van der Waals surface area contributed by atoms with Gasteiger partial charge in [-0.15, -0.1) is 0 Å². The number of nitrogens with zero attached hydrogens (tertiary/aromatic N) is 4. The maximum absolute atomic E-state index is 5.89. The molecule has 2 fully saturated rings. The molecule has 2 aliphatic rings. The first-order valence-corrected chi connectivity index (χ1v) is 7.22. The highest BCUT2D eigenvalue weighted by molar-refractivity contribution is 4.82. The van der Waals surface area contributed by atoms with Crippen molar-refractivity contribution in [2.24, 2.45) is 5.73 Å². The van der Waals surface area contributed by atoms with E-state index in [9.17, 15) is 0 Å². The van der Waals surface area contributed by atoms with Crippen molar-refractivity contribution in [2.45, 2.75) is 6.04 Å². The molecule has 2 N–H and O–H groups in total. The summed E-state index contributed by atoms with van der Waals surface area (Å²) in [5, 5.41) is 0. The highest BCUT2D eigenvalue weighted by Crippen LogP contribution is 2.08. The summed E-state index contributed by atoms with van der Waals surface area (Å²) in [6.07, 6.45) is 0. The monoisotopic (exact) mass is 255 g/mol. The van der Waals surface area contributed by atoms with E-state index >= 15 is 0 Å². The quantitative estimate of drug-likeness (QED) is 0.684. The van der Waals surface area contributed by atoms with Gasteiger partial charge in [-0.05, 0) is 14.1 Å². The van der Waals surface area contributed by atoms with Crippen LogP contribution >= 0.6 is 0 Å². The Morgan fingerprint density at radius 2 is 1.56 bits per heavy atom. The molecule has 5 nitrogen and oxygen atoms in total.